The zero-order valence-corrected chi connectivity index (χ0v) is 19.4. The lowest BCUT2D eigenvalue weighted by Gasteiger charge is -2.29. The van der Waals surface area contributed by atoms with E-state index in [9.17, 15) is 19.5 Å². The zero-order valence-electron chi connectivity index (χ0n) is 19.4. The monoisotopic (exact) mass is 456 g/mol. The predicted molar refractivity (Wildman–Crippen MR) is 125 cm³/mol. The van der Waals surface area contributed by atoms with E-state index in [1.54, 1.807) is 6.92 Å². The Morgan fingerprint density at radius 3 is 2.45 bits per heavy atom. The van der Waals surface area contributed by atoms with Crippen LogP contribution < -0.4 is 10.6 Å². The summed E-state index contributed by atoms with van der Waals surface area (Å²) in [4.78, 5) is 38.2. The van der Waals surface area contributed by atoms with Crippen molar-refractivity contribution < 1.29 is 24.2 Å². The molecule has 1 aromatic rings. The van der Waals surface area contributed by atoms with Gasteiger partial charge in [-0.05, 0) is 44.6 Å². The number of cyclic esters (lactones) is 1. The number of aliphatic hydroxyl groups excluding tert-OH is 1. The van der Waals surface area contributed by atoms with Gasteiger partial charge in [-0.1, -0.05) is 55.3 Å². The Hall–Kier alpha value is -2.67. The Kier molecular flexibility index (Phi) is 9.06. The van der Waals surface area contributed by atoms with E-state index in [1.165, 1.54) is 0 Å². The quantitative estimate of drug-likeness (QED) is 0.451. The average Bonchev–Trinajstić information content (AvgIpc) is 3.27. The SMILES string of the molecule is C[C@H]1CNC(=O)[C@@H](CC(=O)NC2(CO)CCCC2)CC=CC[C@@H](Cc2ccccc2)C(=O)O1. The molecule has 0 bridgehead atoms. The maximum atomic E-state index is 12.8. The van der Waals surface area contributed by atoms with Crippen LogP contribution in [0.1, 0.15) is 57.4 Å². The first-order valence-corrected chi connectivity index (χ1v) is 12.0. The summed E-state index contributed by atoms with van der Waals surface area (Å²) >= 11 is 0. The standard InChI is InChI=1S/C26H36N2O5/c1-19-17-27-24(31)21(16-23(30)28-26(18-29)13-7-8-14-26)11-5-6-12-22(25(32)33-19)15-20-9-3-2-4-10-20/h2-6,9-10,19,21-22,29H,7-8,11-18H2,1H3,(H,27,31)(H,28,30)/t19-,21+,22-/m0/s1. The van der Waals surface area contributed by atoms with Gasteiger partial charge in [-0.2, -0.15) is 0 Å². The number of hydrogen-bond acceptors (Lipinski definition) is 5. The first kappa shape index (κ1) is 25.0. The summed E-state index contributed by atoms with van der Waals surface area (Å²) in [5.41, 5.74) is 0.516. The molecule has 3 atom stereocenters. The Morgan fingerprint density at radius 1 is 1.12 bits per heavy atom. The van der Waals surface area contributed by atoms with Crippen LogP contribution >= 0.6 is 0 Å². The van der Waals surface area contributed by atoms with E-state index in [4.69, 9.17) is 4.74 Å². The fraction of sp³-hybridized carbons (Fsp3) is 0.577. The summed E-state index contributed by atoms with van der Waals surface area (Å²) in [7, 11) is 0. The van der Waals surface area contributed by atoms with Gasteiger partial charge in [-0.25, -0.2) is 0 Å². The number of rotatable bonds is 6. The molecule has 1 fully saturated rings. The van der Waals surface area contributed by atoms with Gasteiger partial charge in [0.05, 0.1) is 30.5 Å². The number of carbonyl (C=O) groups is 3. The average molecular weight is 457 g/mol. The summed E-state index contributed by atoms with van der Waals surface area (Å²) < 4.78 is 5.59. The van der Waals surface area contributed by atoms with Gasteiger partial charge >= 0.3 is 5.97 Å². The molecule has 0 aromatic heterocycles. The molecular weight excluding hydrogens is 420 g/mol. The summed E-state index contributed by atoms with van der Waals surface area (Å²) in [6.45, 7) is 1.87. The van der Waals surface area contributed by atoms with Crippen LogP contribution in [0.5, 0.6) is 0 Å². The number of hydrogen-bond donors (Lipinski definition) is 3. The first-order valence-electron chi connectivity index (χ1n) is 12.0. The van der Waals surface area contributed by atoms with Crippen LogP contribution in [0.4, 0.5) is 0 Å². The maximum absolute atomic E-state index is 12.8. The third kappa shape index (κ3) is 7.42. The second kappa shape index (κ2) is 12.0. The Bertz CT molecular complexity index is 832. The molecule has 7 nitrogen and oxygen atoms in total. The molecule has 1 heterocycles. The third-order valence-corrected chi connectivity index (χ3v) is 6.62. The second-order valence-corrected chi connectivity index (χ2v) is 9.42. The number of benzene rings is 1. The summed E-state index contributed by atoms with van der Waals surface area (Å²) in [5, 5.41) is 15.6. The van der Waals surface area contributed by atoms with Crippen molar-refractivity contribution in [2.75, 3.05) is 13.2 Å². The molecule has 180 valence electrons. The van der Waals surface area contributed by atoms with Gasteiger partial charge in [0.2, 0.25) is 11.8 Å². The van der Waals surface area contributed by atoms with Crippen molar-refractivity contribution in [1.82, 2.24) is 10.6 Å². The van der Waals surface area contributed by atoms with Gasteiger partial charge in [-0.15, -0.1) is 0 Å². The highest BCUT2D eigenvalue weighted by atomic mass is 16.5. The lowest BCUT2D eigenvalue weighted by Crippen LogP contribution is -2.50. The molecule has 0 unspecified atom stereocenters. The van der Waals surface area contributed by atoms with Crippen LogP contribution in [-0.2, 0) is 25.5 Å². The lowest BCUT2D eigenvalue weighted by atomic mass is 9.93. The van der Waals surface area contributed by atoms with E-state index in [1.807, 2.05) is 42.5 Å². The van der Waals surface area contributed by atoms with Gasteiger partial charge in [0.15, 0.2) is 0 Å². The van der Waals surface area contributed by atoms with Crippen LogP contribution in [-0.4, -0.2) is 47.7 Å². The number of aliphatic hydroxyl groups is 1. The number of amides is 2. The van der Waals surface area contributed by atoms with Crippen molar-refractivity contribution >= 4 is 17.8 Å². The molecule has 2 aliphatic rings. The van der Waals surface area contributed by atoms with Gasteiger partial charge in [-0.3, -0.25) is 14.4 Å². The zero-order chi connectivity index (χ0) is 23.7. The molecule has 2 amide bonds. The van der Waals surface area contributed by atoms with E-state index in [0.717, 1.165) is 31.2 Å². The molecule has 0 saturated heterocycles. The highest BCUT2D eigenvalue weighted by Gasteiger charge is 2.35. The van der Waals surface area contributed by atoms with E-state index in [2.05, 4.69) is 10.6 Å². The summed E-state index contributed by atoms with van der Waals surface area (Å²) in [5.74, 6) is -1.55. The molecule has 3 N–H and O–H groups in total. The lowest BCUT2D eigenvalue weighted by molar-refractivity contribution is -0.153. The summed E-state index contributed by atoms with van der Waals surface area (Å²) in [6, 6.07) is 9.83. The first-order chi connectivity index (χ1) is 15.9. The molecular formula is C26H36N2O5. The minimum absolute atomic E-state index is 0.0551. The molecule has 33 heavy (non-hydrogen) atoms. The van der Waals surface area contributed by atoms with Crippen molar-refractivity contribution in [3.63, 3.8) is 0 Å². The highest BCUT2D eigenvalue weighted by Crippen LogP contribution is 2.29. The molecule has 1 aliphatic heterocycles. The molecule has 3 rings (SSSR count). The Morgan fingerprint density at radius 2 is 1.79 bits per heavy atom. The van der Waals surface area contributed by atoms with Gasteiger partial charge in [0.25, 0.3) is 0 Å². The Balaban J connectivity index is 1.66. The molecule has 1 aliphatic carbocycles. The fourth-order valence-electron chi connectivity index (χ4n) is 4.64. The van der Waals surface area contributed by atoms with Gasteiger partial charge < -0.3 is 20.5 Å². The number of carbonyl (C=O) groups excluding carboxylic acids is 3. The molecule has 1 saturated carbocycles. The smallest absolute Gasteiger partial charge is 0.309 e. The normalized spacial score (nSPS) is 25.9. The topological polar surface area (TPSA) is 105 Å². The maximum Gasteiger partial charge on any atom is 0.309 e. The van der Waals surface area contributed by atoms with Crippen molar-refractivity contribution in [2.24, 2.45) is 11.8 Å². The minimum Gasteiger partial charge on any atom is -0.461 e. The number of ether oxygens (including phenoxy) is 1. The number of esters is 1. The fourth-order valence-corrected chi connectivity index (χ4v) is 4.64. The predicted octanol–water partition coefficient (Wildman–Crippen LogP) is 2.67. The van der Waals surface area contributed by atoms with Crippen molar-refractivity contribution in [2.45, 2.75) is 69.9 Å². The largest absolute Gasteiger partial charge is 0.461 e. The third-order valence-electron chi connectivity index (χ3n) is 6.62. The number of nitrogens with one attached hydrogen (secondary N) is 2. The molecule has 0 radical (unpaired) electrons. The van der Waals surface area contributed by atoms with Crippen molar-refractivity contribution in [1.29, 1.82) is 0 Å². The van der Waals surface area contributed by atoms with Crippen LogP contribution in [0.15, 0.2) is 42.5 Å². The van der Waals surface area contributed by atoms with Gasteiger partial charge in [0.1, 0.15) is 6.10 Å². The van der Waals surface area contributed by atoms with E-state index in [-0.39, 0.29) is 43.3 Å². The van der Waals surface area contributed by atoms with Crippen LogP contribution in [0.25, 0.3) is 0 Å². The summed E-state index contributed by atoms with van der Waals surface area (Å²) in [6.07, 6.45) is 8.36. The van der Waals surface area contributed by atoms with Crippen LogP contribution in [0.3, 0.4) is 0 Å². The number of allylic oxidation sites excluding steroid dienone is 2. The van der Waals surface area contributed by atoms with E-state index >= 15 is 0 Å². The minimum atomic E-state index is -0.553. The van der Waals surface area contributed by atoms with Crippen LogP contribution in [0.2, 0.25) is 0 Å². The second-order valence-electron chi connectivity index (χ2n) is 9.42. The van der Waals surface area contributed by atoms with Crippen molar-refractivity contribution in [3.8, 4) is 0 Å². The molecule has 1 aromatic carbocycles. The van der Waals surface area contributed by atoms with E-state index < -0.39 is 17.6 Å². The van der Waals surface area contributed by atoms with Crippen molar-refractivity contribution in [3.05, 3.63) is 48.0 Å². The highest BCUT2D eigenvalue weighted by molar-refractivity contribution is 5.86. The molecule has 0 spiro atoms. The van der Waals surface area contributed by atoms with Gasteiger partial charge in [0, 0.05) is 6.42 Å². The van der Waals surface area contributed by atoms with Crippen LogP contribution in [0, 0.1) is 11.8 Å². The van der Waals surface area contributed by atoms with E-state index in [0.29, 0.717) is 19.3 Å². The Labute approximate surface area is 196 Å². The molecule has 7 heteroatoms.